The van der Waals surface area contributed by atoms with Crippen molar-refractivity contribution in [3.8, 4) is 11.8 Å². The summed E-state index contributed by atoms with van der Waals surface area (Å²) in [7, 11) is 0. The van der Waals surface area contributed by atoms with E-state index in [4.69, 9.17) is 0 Å². The Morgan fingerprint density at radius 3 is 2.75 bits per heavy atom. The highest BCUT2D eigenvalue weighted by atomic mass is 35.5. The lowest BCUT2D eigenvalue weighted by Gasteiger charge is -2.07. The van der Waals surface area contributed by atoms with Crippen LogP contribution in [0.3, 0.4) is 0 Å². The van der Waals surface area contributed by atoms with Gasteiger partial charge in [-0.3, -0.25) is 0 Å². The molecule has 0 spiro atoms. The molecular formula is C18H24ClN. The molecule has 0 unspecified atom stereocenters. The van der Waals surface area contributed by atoms with Gasteiger partial charge in [-0.15, -0.1) is 12.4 Å². The van der Waals surface area contributed by atoms with Crippen molar-refractivity contribution in [1.29, 1.82) is 0 Å². The van der Waals surface area contributed by atoms with E-state index in [1.54, 1.807) is 0 Å². The summed E-state index contributed by atoms with van der Waals surface area (Å²) in [5.41, 5.74) is 4.27. The quantitative estimate of drug-likeness (QED) is 0.777. The van der Waals surface area contributed by atoms with Crippen molar-refractivity contribution in [3.05, 3.63) is 34.9 Å². The van der Waals surface area contributed by atoms with E-state index >= 15 is 0 Å². The molecule has 1 aliphatic carbocycles. The molecule has 1 nitrogen and oxygen atoms in total. The summed E-state index contributed by atoms with van der Waals surface area (Å²) < 4.78 is 0. The Kier molecular flexibility index (Phi) is 5.95. The lowest BCUT2D eigenvalue weighted by molar-refractivity contribution is 0.567. The van der Waals surface area contributed by atoms with Gasteiger partial charge >= 0.3 is 0 Å². The van der Waals surface area contributed by atoms with E-state index in [9.17, 15) is 0 Å². The van der Waals surface area contributed by atoms with Gasteiger partial charge < -0.3 is 5.32 Å². The molecule has 0 amide bonds. The third kappa shape index (κ3) is 3.78. The average molecular weight is 290 g/mol. The van der Waals surface area contributed by atoms with E-state index in [0.717, 1.165) is 38.3 Å². The number of nitrogens with one attached hydrogen (secondary N) is 1. The molecule has 108 valence electrons. The fourth-order valence-electron chi connectivity index (χ4n) is 3.35. The maximum atomic E-state index is 3.47. The van der Waals surface area contributed by atoms with Crippen molar-refractivity contribution >= 4 is 12.4 Å². The van der Waals surface area contributed by atoms with Crippen molar-refractivity contribution in [2.75, 3.05) is 13.1 Å². The van der Waals surface area contributed by atoms with Crippen LogP contribution in [0.25, 0.3) is 0 Å². The van der Waals surface area contributed by atoms with E-state index in [0.29, 0.717) is 0 Å². The van der Waals surface area contributed by atoms with E-state index < -0.39 is 0 Å². The second-order valence-electron chi connectivity index (χ2n) is 5.85. The second kappa shape index (κ2) is 7.72. The van der Waals surface area contributed by atoms with Gasteiger partial charge in [0.1, 0.15) is 0 Å². The number of halogens is 1. The number of fused-ring (bicyclic) bond motifs is 1. The first-order chi connectivity index (χ1) is 9.43. The van der Waals surface area contributed by atoms with Gasteiger partial charge in [0.15, 0.2) is 0 Å². The van der Waals surface area contributed by atoms with Gasteiger partial charge in [-0.1, -0.05) is 36.8 Å². The third-order valence-electron chi connectivity index (χ3n) is 4.48. The minimum Gasteiger partial charge on any atom is -0.316 e. The molecule has 1 aromatic carbocycles. The third-order valence-corrected chi connectivity index (χ3v) is 4.48. The molecule has 0 atom stereocenters. The first-order valence-corrected chi connectivity index (χ1v) is 7.74. The van der Waals surface area contributed by atoms with Crippen LogP contribution in [0.15, 0.2) is 18.2 Å². The molecule has 2 aliphatic rings. The summed E-state index contributed by atoms with van der Waals surface area (Å²) in [6, 6.07) is 6.64. The summed E-state index contributed by atoms with van der Waals surface area (Å²) in [6.07, 6.45) is 8.99. The number of hydrogen-bond donors (Lipinski definition) is 1. The zero-order valence-corrected chi connectivity index (χ0v) is 12.9. The van der Waals surface area contributed by atoms with Crippen LogP contribution >= 0.6 is 12.4 Å². The molecule has 1 N–H and O–H groups in total. The Labute approximate surface area is 129 Å². The molecule has 0 saturated heterocycles. The predicted molar refractivity (Wildman–Crippen MR) is 87.4 cm³/mol. The van der Waals surface area contributed by atoms with Gasteiger partial charge in [0, 0.05) is 12.0 Å². The molecule has 1 heterocycles. The van der Waals surface area contributed by atoms with Crippen LogP contribution in [0.2, 0.25) is 0 Å². The van der Waals surface area contributed by atoms with Crippen molar-refractivity contribution in [3.63, 3.8) is 0 Å². The Balaban J connectivity index is 0.00000147. The Bertz CT molecular complexity index is 492. The topological polar surface area (TPSA) is 12.0 Å². The zero-order chi connectivity index (χ0) is 12.9. The summed E-state index contributed by atoms with van der Waals surface area (Å²) in [5.74, 6) is 7.77. The maximum absolute atomic E-state index is 3.47. The average Bonchev–Trinajstić information content (AvgIpc) is 2.82. The second-order valence-corrected chi connectivity index (χ2v) is 5.85. The molecule has 0 radical (unpaired) electrons. The van der Waals surface area contributed by atoms with Gasteiger partial charge in [0.25, 0.3) is 0 Å². The van der Waals surface area contributed by atoms with Crippen LogP contribution in [0.4, 0.5) is 0 Å². The minimum absolute atomic E-state index is 0. The van der Waals surface area contributed by atoms with Crippen molar-refractivity contribution < 1.29 is 0 Å². The van der Waals surface area contributed by atoms with E-state index in [1.165, 1.54) is 42.4 Å². The van der Waals surface area contributed by atoms with Crippen LogP contribution in [0.5, 0.6) is 0 Å². The summed E-state index contributed by atoms with van der Waals surface area (Å²) >= 11 is 0. The van der Waals surface area contributed by atoms with Crippen LogP contribution in [0, 0.1) is 17.8 Å². The molecule has 1 saturated carbocycles. The summed E-state index contributed by atoms with van der Waals surface area (Å²) in [5, 5.41) is 3.47. The minimum atomic E-state index is 0. The summed E-state index contributed by atoms with van der Waals surface area (Å²) in [4.78, 5) is 0. The van der Waals surface area contributed by atoms with Crippen molar-refractivity contribution in [2.24, 2.45) is 5.92 Å². The largest absolute Gasteiger partial charge is 0.316 e. The predicted octanol–water partition coefficient (Wildman–Crippen LogP) is 3.73. The first kappa shape index (κ1) is 15.4. The van der Waals surface area contributed by atoms with Crippen LogP contribution in [-0.2, 0) is 12.8 Å². The fraction of sp³-hybridized carbons (Fsp3) is 0.556. The van der Waals surface area contributed by atoms with E-state index in [1.807, 2.05) is 0 Å². The van der Waals surface area contributed by atoms with Crippen LogP contribution in [-0.4, -0.2) is 13.1 Å². The van der Waals surface area contributed by atoms with E-state index in [2.05, 4.69) is 35.4 Å². The van der Waals surface area contributed by atoms with Gasteiger partial charge in [-0.05, 0) is 61.9 Å². The molecular weight excluding hydrogens is 266 g/mol. The van der Waals surface area contributed by atoms with Gasteiger partial charge in [0.2, 0.25) is 0 Å². The van der Waals surface area contributed by atoms with E-state index in [-0.39, 0.29) is 12.4 Å². The van der Waals surface area contributed by atoms with Gasteiger partial charge in [-0.25, -0.2) is 0 Å². The fourth-order valence-corrected chi connectivity index (χ4v) is 3.35. The first-order valence-electron chi connectivity index (χ1n) is 7.74. The molecule has 3 rings (SSSR count). The van der Waals surface area contributed by atoms with Gasteiger partial charge in [-0.2, -0.15) is 0 Å². The lowest BCUT2D eigenvalue weighted by Crippen LogP contribution is -2.16. The Morgan fingerprint density at radius 2 is 1.90 bits per heavy atom. The standard InChI is InChI=1S/C18H23N.ClH/c1-2-6-15(5-1)7-3-8-16-9-4-10-17-11-13-19-14-12-18(16)17;/h4,9-10,15,19H,1-2,5-7,11-14H2;1H. The Morgan fingerprint density at radius 1 is 1.10 bits per heavy atom. The smallest absolute Gasteiger partial charge is 0.0280 e. The molecule has 1 fully saturated rings. The molecule has 0 bridgehead atoms. The molecule has 2 heteroatoms. The SMILES string of the molecule is C(#Cc1cccc2c1CCNCC2)CC1CCCC1.Cl. The van der Waals surface area contributed by atoms with Crippen LogP contribution < -0.4 is 5.32 Å². The zero-order valence-electron chi connectivity index (χ0n) is 12.1. The van der Waals surface area contributed by atoms with Crippen LogP contribution in [0.1, 0.15) is 48.8 Å². The monoisotopic (exact) mass is 289 g/mol. The number of rotatable bonds is 1. The maximum Gasteiger partial charge on any atom is 0.0280 e. The van der Waals surface area contributed by atoms with Crippen molar-refractivity contribution in [2.45, 2.75) is 44.9 Å². The summed E-state index contributed by atoms with van der Waals surface area (Å²) in [6.45, 7) is 2.19. The molecule has 20 heavy (non-hydrogen) atoms. The Hall–Kier alpha value is -0.970. The molecule has 1 aliphatic heterocycles. The molecule has 0 aromatic heterocycles. The highest BCUT2D eigenvalue weighted by Crippen LogP contribution is 2.27. The lowest BCUT2D eigenvalue weighted by atomic mass is 9.97. The number of hydrogen-bond acceptors (Lipinski definition) is 1. The van der Waals surface area contributed by atoms with Crippen molar-refractivity contribution in [1.82, 2.24) is 5.32 Å². The highest BCUT2D eigenvalue weighted by Gasteiger charge is 2.13. The van der Waals surface area contributed by atoms with Gasteiger partial charge in [0.05, 0.1) is 0 Å². The molecule has 1 aromatic rings. The number of benzene rings is 1. The normalized spacial score (nSPS) is 18.4. The highest BCUT2D eigenvalue weighted by molar-refractivity contribution is 5.85.